The Bertz CT molecular complexity index is 88.6. The van der Waals surface area contributed by atoms with Crippen LogP contribution in [0.25, 0.3) is 0 Å². The predicted molar refractivity (Wildman–Crippen MR) is 63.5 cm³/mol. The maximum absolute atomic E-state index is 3.44. The van der Waals surface area contributed by atoms with E-state index in [9.17, 15) is 0 Å². The quantitative estimate of drug-likeness (QED) is 0.484. The second-order valence-electron chi connectivity index (χ2n) is 3.17. The van der Waals surface area contributed by atoms with E-state index < -0.39 is 0 Å². The van der Waals surface area contributed by atoms with Crippen molar-refractivity contribution in [2.24, 2.45) is 0 Å². The zero-order valence-electron chi connectivity index (χ0n) is 8.18. The Morgan fingerprint density at radius 3 is 2.42 bits per heavy atom. The highest BCUT2D eigenvalue weighted by molar-refractivity contribution is 9.09. The lowest BCUT2D eigenvalue weighted by atomic mass is 10.3. The summed E-state index contributed by atoms with van der Waals surface area (Å²) >= 11 is 5.51. The van der Waals surface area contributed by atoms with Gasteiger partial charge in [0.15, 0.2) is 0 Å². The summed E-state index contributed by atoms with van der Waals surface area (Å²) in [5, 5.41) is 1.16. The van der Waals surface area contributed by atoms with Gasteiger partial charge in [0.1, 0.15) is 0 Å². The van der Waals surface area contributed by atoms with Gasteiger partial charge in [0.25, 0.3) is 0 Å². The number of hydrogen-bond acceptors (Lipinski definition) is 2. The molecule has 0 aromatic heterocycles. The van der Waals surface area contributed by atoms with Crippen molar-refractivity contribution in [3.05, 3.63) is 0 Å². The molecule has 0 saturated heterocycles. The molecule has 0 radical (unpaired) electrons. The van der Waals surface area contributed by atoms with Gasteiger partial charge in [0.05, 0.1) is 0 Å². The number of nitrogens with zero attached hydrogens (tertiary/aromatic N) is 1. The van der Waals surface area contributed by atoms with Crippen LogP contribution in [0.1, 0.15) is 19.3 Å². The van der Waals surface area contributed by atoms with E-state index in [4.69, 9.17) is 0 Å². The molecule has 0 spiro atoms. The van der Waals surface area contributed by atoms with Crippen LogP contribution in [0, 0.1) is 0 Å². The summed E-state index contributed by atoms with van der Waals surface area (Å²) in [4.78, 5) is 2.24. The van der Waals surface area contributed by atoms with Gasteiger partial charge in [-0.15, -0.1) is 0 Å². The molecule has 74 valence electrons. The van der Waals surface area contributed by atoms with E-state index in [2.05, 4.69) is 46.7 Å². The zero-order valence-corrected chi connectivity index (χ0v) is 10.6. The van der Waals surface area contributed by atoms with Gasteiger partial charge in [-0.1, -0.05) is 22.4 Å². The van der Waals surface area contributed by atoms with Crippen molar-refractivity contribution in [3.63, 3.8) is 0 Å². The van der Waals surface area contributed by atoms with E-state index in [-0.39, 0.29) is 0 Å². The minimum absolute atomic E-state index is 1.16. The number of rotatable bonds is 8. The molecule has 0 fully saturated rings. The van der Waals surface area contributed by atoms with Crippen molar-refractivity contribution in [3.8, 4) is 0 Å². The molecular weight excluding hydrogens is 234 g/mol. The first-order valence-corrected chi connectivity index (χ1v) is 6.83. The maximum atomic E-state index is 3.44. The molecule has 0 rings (SSSR count). The summed E-state index contributed by atoms with van der Waals surface area (Å²) in [7, 11) is 4.26. The van der Waals surface area contributed by atoms with E-state index in [1.165, 1.54) is 37.3 Å². The Morgan fingerprint density at radius 2 is 1.83 bits per heavy atom. The second kappa shape index (κ2) is 9.87. The van der Waals surface area contributed by atoms with Crippen LogP contribution in [-0.2, 0) is 0 Å². The first-order valence-electron chi connectivity index (χ1n) is 4.56. The van der Waals surface area contributed by atoms with E-state index >= 15 is 0 Å². The number of halogens is 1. The van der Waals surface area contributed by atoms with Gasteiger partial charge in [-0.05, 0) is 32.7 Å². The number of unbranched alkanes of at least 4 members (excludes halogenated alkanes) is 2. The highest BCUT2D eigenvalue weighted by atomic mass is 79.9. The molecule has 0 amide bonds. The topological polar surface area (TPSA) is 3.24 Å². The molecule has 0 aliphatic rings. The van der Waals surface area contributed by atoms with Crippen LogP contribution < -0.4 is 0 Å². The molecule has 0 saturated carbocycles. The highest BCUT2D eigenvalue weighted by Crippen LogP contribution is 2.06. The van der Waals surface area contributed by atoms with Gasteiger partial charge in [0.2, 0.25) is 0 Å². The molecule has 0 bridgehead atoms. The second-order valence-corrected chi connectivity index (χ2v) is 5.18. The van der Waals surface area contributed by atoms with Crippen LogP contribution in [0.2, 0.25) is 0 Å². The zero-order chi connectivity index (χ0) is 9.23. The van der Waals surface area contributed by atoms with Gasteiger partial charge in [-0.3, -0.25) is 0 Å². The van der Waals surface area contributed by atoms with E-state index in [0.717, 1.165) is 5.33 Å². The normalized spacial score (nSPS) is 11.0. The molecule has 0 unspecified atom stereocenters. The Hall–Kier alpha value is 0.790. The van der Waals surface area contributed by atoms with E-state index in [1.54, 1.807) is 0 Å². The fourth-order valence-corrected chi connectivity index (χ4v) is 2.33. The van der Waals surface area contributed by atoms with Crippen LogP contribution in [0.4, 0.5) is 0 Å². The summed E-state index contributed by atoms with van der Waals surface area (Å²) in [6.07, 6.45) is 4.08. The Kier molecular flexibility index (Phi) is 10.5. The molecular formula is C9H20BrNS. The fraction of sp³-hybridized carbons (Fsp3) is 1.00. The SMILES string of the molecule is CN(C)CCSCCCCCBr. The lowest BCUT2D eigenvalue weighted by Gasteiger charge is -2.08. The van der Waals surface area contributed by atoms with Gasteiger partial charge in [-0.25, -0.2) is 0 Å². The van der Waals surface area contributed by atoms with Gasteiger partial charge in [0, 0.05) is 17.6 Å². The van der Waals surface area contributed by atoms with Crippen molar-refractivity contribution in [1.29, 1.82) is 0 Å². The van der Waals surface area contributed by atoms with E-state index in [0.29, 0.717) is 0 Å². The van der Waals surface area contributed by atoms with Crippen LogP contribution in [0.3, 0.4) is 0 Å². The predicted octanol–water partition coefficient (Wildman–Crippen LogP) is 2.85. The standard InChI is InChI=1S/C9H20BrNS/c1-11(2)7-9-12-8-5-3-4-6-10/h3-9H2,1-2H3. The molecule has 0 heterocycles. The number of hydrogen-bond donors (Lipinski definition) is 0. The average molecular weight is 254 g/mol. The fourth-order valence-electron chi connectivity index (χ4n) is 0.825. The van der Waals surface area contributed by atoms with Gasteiger partial charge in [-0.2, -0.15) is 11.8 Å². The Labute approximate surface area is 89.4 Å². The summed E-state index contributed by atoms with van der Waals surface area (Å²) in [5.74, 6) is 2.61. The van der Waals surface area contributed by atoms with Crippen molar-refractivity contribution in [2.45, 2.75) is 19.3 Å². The third kappa shape index (κ3) is 10.8. The smallest absolute Gasteiger partial charge is 0.00662 e. The van der Waals surface area contributed by atoms with E-state index in [1.807, 2.05) is 0 Å². The summed E-state index contributed by atoms with van der Waals surface area (Å²) in [6, 6.07) is 0. The molecule has 0 aromatic carbocycles. The lowest BCUT2D eigenvalue weighted by molar-refractivity contribution is 0.437. The van der Waals surface area contributed by atoms with Crippen molar-refractivity contribution >= 4 is 27.7 Å². The average Bonchev–Trinajstić information content (AvgIpc) is 2.02. The molecule has 3 heteroatoms. The van der Waals surface area contributed by atoms with Crippen molar-refractivity contribution in [2.75, 3.05) is 37.5 Å². The number of thioether (sulfide) groups is 1. The minimum Gasteiger partial charge on any atom is -0.309 e. The number of alkyl halides is 1. The third-order valence-electron chi connectivity index (χ3n) is 1.61. The van der Waals surface area contributed by atoms with Gasteiger partial charge >= 0.3 is 0 Å². The van der Waals surface area contributed by atoms with Crippen molar-refractivity contribution < 1.29 is 0 Å². The molecule has 0 aliphatic carbocycles. The van der Waals surface area contributed by atoms with Crippen LogP contribution in [0.5, 0.6) is 0 Å². The van der Waals surface area contributed by atoms with Crippen LogP contribution in [0.15, 0.2) is 0 Å². The lowest BCUT2D eigenvalue weighted by Crippen LogP contribution is -2.14. The molecule has 0 aromatic rings. The van der Waals surface area contributed by atoms with Crippen LogP contribution >= 0.6 is 27.7 Å². The van der Waals surface area contributed by atoms with Crippen LogP contribution in [-0.4, -0.2) is 42.4 Å². The third-order valence-corrected chi connectivity index (χ3v) is 3.21. The first kappa shape index (κ1) is 12.8. The maximum Gasteiger partial charge on any atom is 0.00662 e. The Morgan fingerprint density at radius 1 is 1.08 bits per heavy atom. The van der Waals surface area contributed by atoms with Crippen molar-refractivity contribution in [1.82, 2.24) is 4.90 Å². The molecule has 0 atom stereocenters. The highest BCUT2D eigenvalue weighted by Gasteiger charge is 1.91. The summed E-state index contributed by atoms with van der Waals surface area (Å²) < 4.78 is 0. The minimum atomic E-state index is 1.16. The molecule has 0 N–H and O–H groups in total. The largest absolute Gasteiger partial charge is 0.309 e. The summed E-state index contributed by atoms with van der Waals surface area (Å²) in [5.41, 5.74) is 0. The first-order chi connectivity index (χ1) is 5.77. The Balaban J connectivity index is 2.82. The van der Waals surface area contributed by atoms with Gasteiger partial charge < -0.3 is 4.90 Å². The molecule has 1 nitrogen and oxygen atoms in total. The molecule has 0 aliphatic heterocycles. The molecule has 12 heavy (non-hydrogen) atoms. The summed E-state index contributed by atoms with van der Waals surface area (Å²) in [6.45, 7) is 1.21. The monoisotopic (exact) mass is 253 g/mol.